The highest BCUT2D eigenvalue weighted by atomic mass is 19.4. The largest absolute Gasteiger partial charge is 0.416 e. The third-order valence-corrected chi connectivity index (χ3v) is 5.21. The third-order valence-electron chi connectivity index (χ3n) is 5.21. The molecule has 0 spiro atoms. The van der Waals surface area contributed by atoms with Crippen LogP contribution in [0.15, 0.2) is 48.5 Å². The van der Waals surface area contributed by atoms with Gasteiger partial charge in [-0.1, -0.05) is 18.2 Å². The van der Waals surface area contributed by atoms with Crippen LogP contribution < -0.4 is 10.2 Å². The lowest BCUT2D eigenvalue weighted by molar-refractivity contribution is -0.138. The summed E-state index contributed by atoms with van der Waals surface area (Å²) in [4.78, 5) is 28.5. The third kappa shape index (κ3) is 6.46. The SMILES string of the molecule is CCN(CC(=O)Nc1ccc(N2CCOCC2)cc1)C(=O)Cc1cccc(C(F)(F)F)c1. The van der Waals surface area contributed by atoms with Gasteiger partial charge in [-0.3, -0.25) is 9.59 Å². The number of nitrogens with one attached hydrogen (secondary N) is 1. The topological polar surface area (TPSA) is 61.9 Å². The Kier molecular flexibility index (Phi) is 7.74. The minimum Gasteiger partial charge on any atom is -0.378 e. The summed E-state index contributed by atoms with van der Waals surface area (Å²) < 4.78 is 44.0. The summed E-state index contributed by atoms with van der Waals surface area (Å²) in [6, 6.07) is 12.1. The second-order valence-corrected chi connectivity index (χ2v) is 7.48. The molecule has 1 heterocycles. The number of hydrogen-bond donors (Lipinski definition) is 1. The molecule has 0 aliphatic carbocycles. The van der Waals surface area contributed by atoms with E-state index >= 15 is 0 Å². The smallest absolute Gasteiger partial charge is 0.378 e. The number of alkyl halides is 3. The number of likely N-dealkylation sites (N-methyl/N-ethyl adjacent to an activating group) is 1. The van der Waals surface area contributed by atoms with Gasteiger partial charge in [-0.2, -0.15) is 13.2 Å². The van der Waals surface area contributed by atoms with Crippen LogP contribution in [-0.2, 0) is 26.9 Å². The van der Waals surface area contributed by atoms with Crippen LogP contribution in [0.3, 0.4) is 0 Å². The number of ether oxygens (including phenoxy) is 1. The summed E-state index contributed by atoms with van der Waals surface area (Å²) in [5.74, 6) is -0.784. The second kappa shape index (κ2) is 10.5. The van der Waals surface area contributed by atoms with E-state index in [0.717, 1.165) is 30.9 Å². The van der Waals surface area contributed by atoms with Crippen LogP contribution >= 0.6 is 0 Å². The number of nitrogens with zero attached hydrogens (tertiary/aromatic N) is 2. The molecule has 0 aromatic heterocycles. The maximum atomic E-state index is 12.9. The molecule has 32 heavy (non-hydrogen) atoms. The number of amides is 2. The molecule has 0 saturated carbocycles. The number of carbonyl (C=O) groups is 2. The van der Waals surface area contributed by atoms with Crippen LogP contribution in [0, 0.1) is 0 Å². The van der Waals surface area contributed by atoms with Crippen molar-refractivity contribution in [2.45, 2.75) is 19.5 Å². The van der Waals surface area contributed by atoms with E-state index in [0.29, 0.717) is 18.9 Å². The lowest BCUT2D eigenvalue weighted by Gasteiger charge is -2.29. The summed E-state index contributed by atoms with van der Waals surface area (Å²) >= 11 is 0. The maximum Gasteiger partial charge on any atom is 0.416 e. The van der Waals surface area contributed by atoms with Gasteiger partial charge in [-0.25, -0.2) is 0 Å². The Morgan fingerprint density at radius 2 is 1.78 bits per heavy atom. The number of hydrogen-bond acceptors (Lipinski definition) is 4. The molecule has 0 radical (unpaired) electrons. The van der Waals surface area contributed by atoms with E-state index in [4.69, 9.17) is 4.74 Å². The van der Waals surface area contributed by atoms with E-state index in [1.54, 1.807) is 19.1 Å². The van der Waals surface area contributed by atoms with Crippen LogP contribution in [0.25, 0.3) is 0 Å². The summed E-state index contributed by atoms with van der Waals surface area (Å²) in [5.41, 5.74) is 1.10. The molecule has 1 aliphatic rings. The molecular weight excluding hydrogens is 423 g/mol. The van der Waals surface area contributed by atoms with E-state index in [-0.39, 0.29) is 31.0 Å². The van der Waals surface area contributed by atoms with Crippen LogP contribution in [0.4, 0.5) is 24.5 Å². The monoisotopic (exact) mass is 449 g/mol. The van der Waals surface area contributed by atoms with Crippen LogP contribution in [-0.4, -0.2) is 56.1 Å². The molecule has 9 heteroatoms. The molecule has 0 bridgehead atoms. The predicted molar refractivity (Wildman–Crippen MR) is 116 cm³/mol. The van der Waals surface area contributed by atoms with Gasteiger partial charge in [0.1, 0.15) is 0 Å². The molecule has 6 nitrogen and oxygen atoms in total. The van der Waals surface area contributed by atoms with Crippen molar-refractivity contribution in [1.29, 1.82) is 0 Å². The zero-order chi connectivity index (χ0) is 23.1. The Labute approximate surface area is 184 Å². The maximum absolute atomic E-state index is 12.9. The molecule has 172 valence electrons. The van der Waals surface area contributed by atoms with Crippen molar-refractivity contribution in [2.75, 3.05) is 49.6 Å². The molecule has 0 atom stereocenters. The molecule has 0 unspecified atom stereocenters. The molecule has 1 fully saturated rings. The van der Waals surface area contributed by atoms with E-state index < -0.39 is 17.6 Å². The number of halogens is 3. The Morgan fingerprint density at radius 1 is 1.09 bits per heavy atom. The molecule has 1 saturated heterocycles. The number of carbonyl (C=O) groups excluding carboxylic acids is 2. The predicted octanol–water partition coefficient (Wildman–Crippen LogP) is 3.57. The number of morpholine rings is 1. The van der Waals surface area contributed by atoms with Gasteiger partial charge < -0.3 is 19.9 Å². The van der Waals surface area contributed by atoms with Crippen molar-refractivity contribution in [2.24, 2.45) is 0 Å². The summed E-state index contributed by atoms with van der Waals surface area (Å²) in [5, 5.41) is 2.76. The average molecular weight is 449 g/mol. The van der Waals surface area contributed by atoms with Crippen molar-refractivity contribution < 1.29 is 27.5 Å². The summed E-state index contributed by atoms with van der Waals surface area (Å²) in [6.07, 6.45) is -4.68. The van der Waals surface area contributed by atoms with Crippen LogP contribution in [0.2, 0.25) is 0 Å². The fourth-order valence-corrected chi connectivity index (χ4v) is 3.47. The first-order chi connectivity index (χ1) is 15.3. The van der Waals surface area contributed by atoms with Gasteiger partial charge in [0.25, 0.3) is 0 Å². The Balaban J connectivity index is 1.55. The molecule has 3 rings (SSSR count). The Morgan fingerprint density at radius 3 is 2.41 bits per heavy atom. The second-order valence-electron chi connectivity index (χ2n) is 7.48. The molecular formula is C23H26F3N3O3. The van der Waals surface area contributed by atoms with Gasteiger partial charge >= 0.3 is 6.18 Å². The first kappa shape index (κ1) is 23.6. The van der Waals surface area contributed by atoms with Crippen molar-refractivity contribution >= 4 is 23.2 Å². The van der Waals surface area contributed by atoms with E-state index in [1.807, 2.05) is 12.1 Å². The zero-order valence-electron chi connectivity index (χ0n) is 17.8. The highest BCUT2D eigenvalue weighted by Gasteiger charge is 2.30. The van der Waals surface area contributed by atoms with Crippen molar-refractivity contribution in [3.63, 3.8) is 0 Å². The van der Waals surface area contributed by atoms with Gasteiger partial charge in [0, 0.05) is 31.0 Å². The Hall–Kier alpha value is -3.07. The van der Waals surface area contributed by atoms with E-state index in [2.05, 4.69) is 10.2 Å². The Bertz CT molecular complexity index is 926. The normalized spacial score (nSPS) is 14.2. The van der Waals surface area contributed by atoms with Crippen molar-refractivity contribution in [3.05, 3.63) is 59.7 Å². The number of benzene rings is 2. The van der Waals surface area contributed by atoms with Gasteiger partial charge in [0.05, 0.1) is 31.7 Å². The summed E-state index contributed by atoms with van der Waals surface area (Å²) in [6.45, 7) is 4.78. The van der Waals surface area contributed by atoms with Crippen LogP contribution in [0.1, 0.15) is 18.1 Å². The zero-order valence-corrected chi connectivity index (χ0v) is 17.8. The highest BCUT2D eigenvalue weighted by Crippen LogP contribution is 2.29. The van der Waals surface area contributed by atoms with Gasteiger partial charge in [-0.15, -0.1) is 0 Å². The van der Waals surface area contributed by atoms with E-state index in [9.17, 15) is 22.8 Å². The number of anilines is 2. The quantitative estimate of drug-likeness (QED) is 0.702. The fourth-order valence-electron chi connectivity index (χ4n) is 3.47. The molecule has 2 aromatic carbocycles. The average Bonchev–Trinajstić information content (AvgIpc) is 2.78. The van der Waals surface area contributed by atoms with Crippen molar-refractivity contribution in [3.8, 4) is 0 Å². The molecule has 1 N–H and O–H groups in total. The summed E-state index contributed by atoms with van der Waals surface area (Å²) in [7, 11) is 0. The van der Waals surface area contributed by atoms with Gasteiger partial charge in [0.2, 0.25) is 11.8 Å². The minimum atomic E-state index is -4.47. The van der Waals surface area contributed by atoms with E-state index in [1.165, 1.54) is 17.0 Å². The lowest BCUT2D eigenvalue weighted by Crippen LogP contribution is -2.38. The van der Waals surface area contributed by atoms with Crippen molar-refractivity contribution in [1.82, 2.24) is 4.90 Å². The van der Waals surface area contributed by atoms with Gasteiger partial charge in [-0.05, 0) is 42.8 Å². The van der Waals surface area contributed by atoms with Crippen LogP contribution in [0.5, 0.6) is 0 Å². The molecule has 1 aliphatic heterocycles. The fraction of sp³-hybridized carbons (Fsp3) is 0.391. The standard InChI is InChI=1S/C23H26F3N3O3/c1-2-28(22(31)15-17-4-3-5-18(14-17)23(24,25)26)16-21(30)27-19-6-8-20(9-7-19)29-10-12-32-13-11-29/h3-9,14H,2,10-13,15-16H2,1H3,(H,27,30). The first-order valence-corrected chi connectivity index (χ1v) is 10.4. The first-order valence-electron chi connectivity index (χ1n) is 10.4. The number of rotatable bonds is 7. The molecule has 2 amide bonds. The molecule has 2 aromatic rings. The highest BCUT2D eigenvalue weighted by molar-refractivity contribution is 5.95. The minimum absolute atomic E-state index is 0.181. The van der Waals surface area contributed by atoms with Gasteiger partial charge in [0.15, 0.2) is 0 Å². The lowest BCUT2D eigenvalue weighted by atomic mass is 10.1.